The summed E-state index contributed by atoms with van der Waals surface area (Å²) in [6.45, 7) is 3.48. The molecule has 0 fully saturated rings. The minimum absolute atomic E-state index is 0.0993. The highest BCUT2D eigenvalue weighted by Gasteiger charge is 2.40. The van der Waals surface area contributed by atoms with E-state index in [0.29, 0.717) is 0 Å². The smallest absolute Gasteiger partial charge is 0.271 e. The molecule has 0 spiro atoms. The largest absolute Gasteiger partial charge is 0.507 e. The number of hydrogen-bond donors (Lipinski definition) is 4. The van der Waals surface area contributed by atoms with Gasteiger partial charge in [0.2, 0.25) is 11.5 Å². The first kappa shape index (κ1) is 14.7. The molecule has 2 rings (SSSR count). The van der Waals surface area contributed by atoms with Crippen LogP contribution >= 0.6 is 0 Å². The molecule has 0 aromatic heterocycles. The van der Waals surface area contributed by atoms with Crippen molar-refractivity contribution in [2.75, 3.05) is 6.61 Å². The fourth-order valence-electron chi connectivity index (χ4n) is 2.28. The van der Waals surface area contributed by atoms with Crippen molar-refractivity contribution >= 4 is 17.3 Å². The Hall–Kier alpha value is -2.70. The van der Waals surface area contributed by atoms with Crippen molar-refractivity contribution in [3.05, 3.63) is 22.4 Å². The Morgan fingerprint density at radius 1 is 0.857 bits per heavy atom. The minimum atomic E-state index is -1.35. The van der Waals surface area contributed by atoms with E-state index in [1.165, 1.54) is 0 Å². The van der Waals surface area contributed by atoms with Crippen molar-refractivity contribution in [1.82, 2.24) is 0 Å². The molecule has 0 radical (unpaired) electrons. The molecular weight excluding hydrogens is 280 g/mol. The van der Waals surface area contributed by atoms with Gasteiger partial charge in [0, 0.05) is 5.56 Å². The highest BCUT2D eigenvalue weighted by molar-refractivity contribution is 6.52. The first-order chi connectivity index (χ1) is 9.86. The Bertz CT molecular complexity index is 685. The number of aliphatic hydroxyl groups excluding tert-OH is 2. The molecule has 0 atom stereocenters. The lowest BCUT2D eigenvalue weighted by molar-refractivity contribution is -0.114. The number of fused-ring (bicyclic) bond motifs is 1. The molecule has 0 unspecified atom stereocenters. The van der Waals surface area contributed by atoms with Crippen molar-refractivity contribution in [1.29, 1.82) is 0 Å². The number of Topliss-reactive ketones (excluding diaryl/α,β-unsaturated/α-hetero) is 2. The maximum atomic E-state index is 11.9. The normalized spacial score (nSPS) is 14.4. The number of aliphatic hydroxyl groups is 2. The van der Waals surface area contributed by atoms with Crippen LogP contribution in [0.25, 0.3) is 5.76 Å². The maximum Gasteiger partial charge on any atom is 0.271 e. The van der Waals surface area contributed by atoms with Crippen LogP contribution in [0.1, 0.15) is 35.3 Å². The van der Waals surface area contributed by atoms with E-state index in [1.807, 2.05) is 0 Å². The Morgan fingerprint density at radius 2 is 1.48 bits per heavy atom. The molecule has 21 heavy (non-hydrogen) atoms. The number of hydrogen-bond acceptors (Lipinski definition) is 7. The van der Waals surface area contributed by atoms with E-state index in [9.17, 15) is 30.0 Å². The van der Waals surface area contributed by atoms with Gasteiger partial charge in [-0.05, 0) is 13.3 Å². The fraction of sp³-hybridized carbons (Fsp3) is 0.286. The van der Waals surface area contributed by atoms with Gasteiger partial charge in [-0.15, -0.1) is 0 Å². The van der Waals surface area contributed by atoms with Gasteiger partial charge in [-0.3, -0.25) is 9.59 Å². The molecule has 0 amide bonds. The van der Waals surface area contributed by atoms with Gasteiger partial charge in [-0.25, -0.2) is 0 Å². The van der Waals surface area contributed by atoms with Crippen molar-refractivity contribution in [3.8, 4) is 17.2 Å². The SMILES string of the molecule is CCOc1c(O)c2c(c(O)c1CC)C(=O)C(=O)C(O)=C2O. The van der Waals surface area contributed by atoms with Crippen LogP contribution in [0, 0.1) is 0 Å². The van der Waals surface area contributed by atoms with Gasteiger partial charge in [0.05, 0.1) is 17.7 Å². The second-order valence-corrected chi connectivity index (χ2v) is 4.40. The van der Waals surface area contributed by atoms with Crippen molar-refractivity contribution in [2.24, 2.45) is 0 Å². The monoisotopic (exact) mass is 294 g/mol. The number of benzene rings is 1. The molecule has 0 saturated carbocycles. The van der Waals surface area contributed by atoms with Crippen LogP contribution in [-0.4, -0.2) is 38.6 Å². The van der Waals surface area contributed by atoms with E-state index in [2.05, 4.69) is 0 Å². The molecule has 1 aromatic carbocycles. The lowest BCUT2D eigenvalue weighted by Crippen LogP contribution is -2.24. The third-order valence-corrected chi connectivity index (χ3v) is 3.25. The Kier molecular flexibility index (Phi) is 3.51. The zero-order valence-electron chi connectivity index (χ0n) is 11.4. The lowest BCUT2D eigenvalue weighted by Gasteiger charge is -2.21. The summed E-state index contributed by atoms with van der Waals surface area (Å²) in [5, 5.41) is 39.6. The van der Waals surface area contributed by atoms with Gasteiger partial charge in [0.15, 0.2) is 17.3 Å². The first-order valence-corrected chi connectivity index (χ1v) is 6.31. The summed E-state index contributed by atoms with van der Waals surface area (Å²) in [4.78, 5) is 23.4. The van der Waals surface area contributed by atoms with E-state index in [1.54, 1.807) is 13.8 Å². The van der Waals surface area contributed by atoms with E-state index in [4.69, 9.17) is 4.74 Å². The molecular formula is C14H14O7. The summed E-state index contributed by atoms with van der Waals surface area (Å²) in [6.07, 6.45) is 0.222. The molecule has 1 aromatic rings. The molecule has 0 heterocycles. The molecule has 1 aliphatic carbocycles. The van der Waals surface area contributed by atoms with Crippen LogP contribution in [0.5, 0.6) is 17.2 Å². The average Bonchev–Trinajstić information content (AvgIpc) is 2.46. The molecule has 0 aliphatic heterocycles. The van der Waals surface area contributed by atoms with E-state index >= 15 is 0 Å². The van der Waals surface area contributed by atoms with E-state index in [-0.39, 0.29) is 24.3 Å². The molecule has 0 saturated heterocycles. The van der Waals surface area contributed by atoms with Crippen LogP contribution in [0.15, 0.2) is 5.76 Å². The number of phenolic OH excluding ortho intramolecular Hbond substituents is 2. The van der Waals surface area contributed by atoms with Crippen molar-refractivity contribution in [2.45, 2.75) is 20.3 Å². The number of carbonyl (C=O) groups excluding carboxylic acids is 2. The Balaban J connectivity index is 2.94. The topological polar surface area (TPSA) is 124 Å². The fourth-order valence-corrected chi connectivity index (χ4v) is 2.28. The van der Waals surface area contributed by atoms with E-state index < -0.39 is 45.7 Å². The highest BCUT2D eigenvalue weighted by Crippen LogP contribution is 2.48. The van der Waals surface area contributed by atoms with E-state index in [0.717, 1.165) is 0 Å². The molecule has 7 nitrogen and oxygen atoms in total. The standard InChI is InChI=1S/C14H14O7/c1-3-5-8(15)6-7(11(18)14(5)21-4-2)10(17)13(20)12(19)9(6)16/h15,17-18,20H,3-4H2,1-2H3. The molecule has 4 N–H and O–H groups in total. The summed E-state index contributed by atoms with van der Waals surface area (Å²) < 4.78 is 5.23. The molecule has 7 heteroatoms. The second-order valence-electron chi connectivity index (χ2n) is 4.40. The van der Waals surface area contributed by atoms with Crippen LogP contribution < -0.4 is 4.74 Å². The highest BCUT2D eigenvalue weighted by atomic mass is 16.5. The summed E-state index contributed by atoms with van der Waals surface area (Å²) in [5.74, 6) is -5.94. The summed E-state index contributed by atoms with van der Waals surface area (Å²) in [6, 6.07) is 0. The number of ether oxygens (including phenoxy) is 1. The third-order valence-electron chi connectivity index (χ3n) is 3.25. The quantitative estimate of drug-likeness (QED) is 0.493. The van der Waals surface area contributed by atoms with Gasteiger partial charge in [0.1, 0.15) is 5.75 Å². The summed E-state index contributed by atoms with van der Waals surface area (Å²) in [7, 11) is 0. The number of allylic oxidation sites excluding steroid dienone is 1. The summed E-state index contributed by atoms with van der Waals surface area (Å²) in [5.41, 5.74) is -0.896. The number of ketones is 2. The molecule has 0 bridgehead atoms. The predicted molar refractivity (Wildman–Crippen MR) is 71.8 cm³/mol. The third kappa shape index (κ3) is 1.89. The number of rotatable bonds is 3. The van der Waals surface area contributed by atoms with Crippen LogP contribution in [0.3, 0.4) is 0 Å². The maximum absolute atomic E-state index is 11.9. The molecule has 1 aliphatic rings. The first-order valence-electron chi connectivity index (χ1n) is 6.31. The van der Waals surface area contributed by atoms with Crippen molar-refractivity contribution in [3.63, 3.8) is 0 Å². The predicted octanol–water partition coefficient (Wildman–Crippen LogP) is 1.61. The van der Waals surface area contributed by atoms with Crippen LogP contribution in [-0.2, 0) is 11.2 Å². The zero-order chi connectivity index (χ0) is 15.9. The molecule has 112 valence electrons. The lowest BCUT2D eigenvalue weighted by atomic mass is 9.88. The number of aromatic hydroxyl groups is 2. The number of phenols is 2. The zero-order valence-corrected chi connectivity index (χ0v) is 11.4. The van der Waals surface area contributed by atoms with Crippen LogP contribution in [0.4, 0.5) is 0 Å². The van der Waals surface area contributed by atoms with Gasteiger partial charge in [0.25, 0.3) is 5.78 Å². The number of carbonyl (C=O) groups is 2. The van der Waals surface area contributed by atoms with Crippen LogP contribution in [0.2, 0.25) is 0 Å². The average molecular weight is 294 g/mol. The Morgan fingerprint density at radius 3 is 2.00 bits per heavy atom. The minimum Gasteiger partial charge on any atom is -0.507 e. The van der Waals surface area contributed by atoms with Gasteiger partial charge in [-0.2, -0.15) is 0 Å². The van der Waals surface area contributed by atoms with Gasteiger partial charge >= 0.3 is 0 Å². The van der Waals surface area contributed by atoms with Gasteiger partial charge in [-0.1, -0.05) is 6.92 Å². The van der Waals surface area contributed by atoms with Gasteiger partial charge < -0.3 is 25.2 Å². The second kappa shape index (κ2) is 5.01. The van der Waals surface area contributed by atoms with Crippen molar-refractivity contribution < 1.29 is 34.8 Å². The summed E-state index contributed by atoms with van der Waals surface area (Å²) >= 11 is 0. The Labute approximate surface area is 119 Å².